The van der Waals surface area contributed by atoms with Gasteiger partial charge in [-0.05, 0) is 5.92 Å². The molecular formula is C8H16N4O2S. The lowest BCUT2D eigenvalue weighted by atomic mass is 10.1. The van der Waals surface area contributed by atoms with Crippen LogP contribution in [0.25, 0.3) is 0 Å². The predicted molar refractivity (Wildman–Crippen MR) is 56.6 cm³/mol. The number of imidazole rings is 1. The van der Waals surface area contributed by atoms with Gasteiger partial charge in [-0.15, -0.1) is 0 Å². The second-order valence-corrected chi connectivity index (χ2v) is 5.31. The first-order valence-electron chi connectivity index (χ1n) is 4.68. The van der Waals surface area contributed by atoms with Crippen LogP contribution in [-0.2, 0) is 10.0 Å². The lowest BCUT2D eigenvalue weighted by Gasteiger charge is -2.19. The molecule has 86 valence electrons. The van der Waals surface area contributed by atoms with Crippen molar-refractivity contribution in [2.75, 3.05) is 6.54 Å². The summed E-state index contributed by atoms with van der Waals surface area (Å²) in [6.07, 6.45) is 2.58. The van der Waals surface area contributed by atoms with Crippen LogP contribution in [0.5, 0.6) is 0 Å². The van der Waals surface area contributed by atoms with Crippen LogP contribution >= 0.6 is 0 Å². The van der Waals surface area contributed by atoms with Gasteiger partial charge in [-0.25, -0.2) is 18.1 Å². The van der Waals surface area contributed by atoms with E-state index in [1.165, 1.54) is 12.5 Å². The molecule has 0 aliphatic carbocycles. The molecule has 1 atom stereocenters. The fourth-order valence-corrected chi connectivity index (χ4v) is 2.41. The molecule has 1 aromatic rings. The Morgan fingerprint density at radius 3 is 2.67 bits per heavy atom. The molecule has 1 rings (SSSR count). The first-order valence-corrected chi connectivity index (χ1v) is 6.16. The van der Waals surface area contributed by atoms with E-state index in [0.29, 0.717) is 0 Å². The Bertz CT molecular complexity index is 385. The Morgan fingerprint density at radius 2 is 2.27 bits per heavy atom. The third-order valence-electron chi connectivity index (χ3n) is 2.13. The monoisotopic (exact) mass is 232 g/mol. The zero-order chi connectivity index (χ0) is 11.5. The van der Waals surface area contributed by atoms with Crippen LogP contribution in [0.4, 0.5) is 0 Å². The lowest BCUT2D eigenvalue weighted by molar-refractivity contribution is 0.454. The quantitative estimate of drug-likeness (QED) is 0.647. The van der Waals surface area contributed by atoms with Gasteiger partial charge < -0.3 is 10.7 Å². The van der Waals surface area contributed by atoms with E-state index in [1.54, 1.807) is 0 Å². The molecule has 0 radical (unpaired) electrons. The number of aromatic nitrogens is 2. The van der Waals surface area contributed by atoms with Crippen LogP contribution in [0.1, 0.15) is 13.8 Å². The minimum Gasteiger partial charge on any atom is -0.335 e. The third kappa shape index (κ3) is 3.01. The Balaban J connectivity index is 2.81. The summed E-state index contributed by atoms with van der Waals surface area (Å²) in [5.41, 5.74) is 5.48. The van der Waals surface area contributed by atoms with Crippen LogP contribution in [0, 0.1) is 5.92 Å². The highest BCUT2D eigenvalue weighted by Gasteiger charge is 2.22. The van der Waals surface area contributed by atoms with E-state index in [2.05, 4.69) is 14.7 Å². The van der Waals surface area contributed by atoms with Gasteiger partial charge >= 0.3 is 0 Å². The summed E-state index contributed by atoms with van der Waals surface area (Å²) in [7, 11) is -3.52. The van der Waals surface area contributed by atoms with E-state index in [4.69, 9.17) is 5.73 Å². The second kappa shape index (κ2) is 4.73. The average molecular weight is 232 g/mol. The van der Waals surface area contributed by atoms with E-state index in [0.717, 1.165) is 0 Å². The van der Waals surface area contributed by atoms with Crippen LogP contribution in [0.2, 0.25) is 0 Å². The standard InChI is InChI=1S/C8H16N4O2S/c1-6(2)7(3-9)12-15(13,14)8-4-10-5-11-8/h4-7,12H,3,9H2,1-2H3,(H,10,11). The normalized spacial score (nSPS) is 14.4. The number of rotatable bonds is 5. The summed E-state index contributed by atoms with van der Waals surface area (Å²) in [6.45, 7) is 4.09. The molecule has 0 bridgehead atoms. The molecule has 7 heteroatoms. The number of nitrogens with one attached hydrogen (secondary N) is 2. The minimum atomic E-state index is -3.52. The second-order valence-electron chi connectivity index (χ2n) is 3.62. The molecule has 0 aliphatic rings. The van der Waals surface area contributed by atoms with Gasteiger partial charge in [-0.2, -0.15) is 0 Å². The van der Waals surface area contributed by atoms with E-state index in [1.807, 2.05) is 13.8 Å². The molecule has 1 heterocycles. The number of hydrogen-bond acceptors (Lipinski definition) is 4. The van der Waals surface area contributed by atoms with Gasteiger partial charge in [0, 0.05) is 12.6 Å². The summed E-state index contributed by atoms with van der Waals surface area (Å²) in [5.74, 6) is 0.146. The molecule has 0 saturated heterocycles. The molecular weight excluding hydrogens is 216 g/mol. The summed E-state index contributed by atoms with van der Waals surface area (Å²) < 4.78 is 26.0. The van der Waals surface area contributed by atoms with Crippen LogP contribution in [0.15, 0.2) is 17.6 Å². The van der Waals surface area contributed by atoms with Crippen molar-refractivity contribution in [1.29, 1.82) is 0 Å². The van der Waals surface area contributed by atoms with E-state index >= 15 is 0 Å². The maximum atomic E-state index is 11.7. The zero-order valence-corrected chi connectivity index (χ0v) is 9.58. The highest BCUT2D eigenvalue weighted by atomic mass is 32.2. The van der Waals surface area contributed by atoms with Gasteiger partial charge in [-0.3, -0.25) is 0 Å². The predicted octanol–water partition coefficient (Wildman–Crippen LogP) is -0.329. The van der Waals surface area contributed by atoms with Crippen LogP contribution in [0.3, 0.4) is 0 Å². The SMILES string of the molecule is CC(C)C(CN)NS(=O)(=O)c1cnc[nH]1. The molecule has 0 amide bonds. The summed E-state index contributed by atoms with van der Waals surface area (Å²) in [5, 5.41) is 0.0570. The first kappa shape index (κ1) is 12.2. The Kier molecular flexibility index (Phi) is 3.83. The number of aromatic amines is 1. The maximum absolute atomic E-state index is 11.7. The van der Waals surface area contributed by atoms with Gasteiger partial charge in [0.15, 0.2) is 5.03 Å². The van der Waals surface area contributed by atoms with Crippen LogP contribution < -0.4 is 10.5 Å². The number of H-pyrrole nitrogens is 1. The van der Waals surface area contributed by atoms with Crippen molar-refractivity contribution in [2.45, 2.75) is 24.9 Å². The number of sulfonamides is 1. The highest BCUT2D eigenvalue weighted by Crippen LogP contribution is 2.07. The van der Waals surface area contributed by atoms with Crippen molar-refractivity contribution < 1.29 is 8.42 Å². The zero-order valence-electron chi connectivity index (χ0n) is 8.77. The van der Waals surface area contributed by atoms with Crippen LogP contribution in [-0.4, -0.2) is 31.0 Å². The number of hydrogen-bond donors (Lipinski definition) is 3. The van der Waals surface area contributed by atoms with Crippen molar-refractivity contribution in [1.82, 2.24) is 14.7 Å². The van der Waals surface area contributed by atoms with Crippen molar-refractivity contribution in [3.05, 3.63) is 12.5 Å². The smallest absolute Gasteiger partial charge is 0.257 e. The Hall–Kier alpha value is -0.920. The maximum Gasteiger partial charge on any atom is 0.257 e. The fourth-order valence-electron chi connectivity index (χ4n) is 1.11. The molecule has 0 spiro atoms. The molecule has 0 saturated carbocycles. The summed E-state index contributed by atoms with van der Waals surface area (Å²) >= 11 is 0. The topological polar surface area (TPSA) is 101 Å². The Labute approximate surface area is 89.3 Å². The first-order chi connectivity index (χ1) is 6.97. The molecule has 0 fully saturated rings. The largest absolute Gasteiger partial charge is 0.335 e. The molecule has 1 unspecified atom stereocenters. The van der Waals surface area contributed by atoms with Crippen molar-refractivity contribution in [3.8, 4) is 0 Å². The van der Waals surface area contributed by atoms with Crippen molar-refractivity contribution in [2.24, 2.45) is 11.7 Å². The fraction of sp³-hybridized carbons (Fsp3) is 0.625. The molecule has 6 nitrogen and oxygen atoms in total. The molecule has 0 aromatic carbocycles. The minimum absolute atomic E-state index is 0.0570. The van der Waals surface area contributed by atoms with Gasteiger partial charge in [0.2, 0.25) is 0 Å². The van der Waals surface area contributed by atoms with Gasteiger partial charge in [0.1, 0.15) is 0 Å². The summed E-state index contributed by atoms with van der Waals surface area (Å²) in [4.78, 5) is 6.20. The van der Waals surface area contributed by atoms with Gasteiger partial charge in [0.05, 0.1) is 12.5 Å². The number of nitrogens with two attached hydrogens (primary N) is 1. The highest BCUT2D eigenvalue weighted by molar-refractivity contribution is 7.89. The number of nitrogens with zero attached hydrogens (tertiary/aromatic N) is 1. The van der Waals surface area contributed by atoms with Crippen molar-refractivity contribution in [3.63, 3.8) is 0 Å². The molecule has 1 aromatic heterocycles. The Morgan fingerprint density at radius 1 is 1.60 bits per heavy atom. The van der Waals surface area contributed by atoms with E-state index in [9.17, 15) is 8.42 Å². The third-order valence-corrected chi connectivity index (χ3v) is 3.54. The van der Waals surface area contributed by atoms with E-state index < -0.39 is 10.0 Å². The summed E-state index contributed by atoms with van der Waals surface area (Å²) in [6, 6.07) is -0.265. The molecule has 0 aliphatic heterocycles. The molecule has 4 N–H and O–H groups in total. The van der Waals surface area contributed by atoms with Crippen molar-refractivity contribution >= 4 is 10.0 Å². The average Bonchev–Trinajstić information content (AvgIpc) is 2.67. The van der Waals surface area contributed by atoms with Gasteiger partial charge in [-0.1, -0.05) is 13.8 Å². The van der Waals surface area contributed by atoms with Gasteiger partial charge in [0.25, 0.3) is 10.0 Å². The molecule has 15 heavy (non-hydrogen) atoms. The van der Waals surface area contributed by atoms with E-state index in [-0.39, 0.29) is 23.5 Å². The lowest BCUT2D eigenvalue weighted by Crippen LogP contribution is -2.43.